The number of aryl methyl sites for hydroxylation is 1. The molecule has 0 aromatic heterocycles. The van der Waals surface area contributed by atoms with Gasteiger partial charge in [-0.1, -0.05) is 32.9 Å². The predicted molar refractivity (Wildman–Crippen MR) is 76.2 cm³/mol. The summed E-state index contributed by atoms with van der Waals surface area (Å²) in [4.78, 5) is 22.8. The van der Waals surface area contributed by atoms with Crippen LogP contribution in [0.25, 0.3) is 0 Å². The maximum atomic E-state index is 11.8. The van der Waals surface area contributed by atoms with E-state index in [0.717, 1.165) is 12.0 Å². The Bertz CT molecular complexity index is 472. The summed E-state index contributed by atoms with van der Waals surface area (Å²) >= 11 is 0. The first-order valence-electron chi connectivity index (χ1n) is 6.79. The monoisotopic (exact) mass is 277 g/mol. The first-order valence-corrected chi connectivity index (χ1v) is 6.79. The van der Waals surface area contributed by atoms with Crippen molar-refractivity contribution in [3.05, 3.63) is 29.8 Å². The summed E-state index contributed by atoms with van der Waals surface area (Å²) < 4.78 is 0. The lowest BCUT2D eigenvalue weighted by molar-refractivity contribution is -0.308. The average molecular weight is 277 g/mol. The summed E-state index contributed by atoms with van der Waals surface area (Å²) in [6, 6.07) is 5.91. The van der Waals surface area contributed by atoms with Gasteiger partial charge >= 0.3 is 6.03 Å². The molecule has 1 aromatic carbocycles. The molecule has 0 unspecified atom stereocenters. The van der Waals surface area contributed by atoms with Gasteiger partial charge in [0.2, 0.25) is 0 Å². The summed E-state index contributed by atoms with van der Waals surface area (Å²) in [5, 5.41) is 16.0. The van der Waals surface area contributed by atoms with Crippen molar-refractivity contribution in [3.63, 3.8) is 0 Å². The van der Waals surface area contributed by atoms with Crippen LogP contribution in [0.1, 0.15) is 32.8 Å². The second-order valence-electron chi connectivity index (χ2n) is 5.15. The van der Waals surface area contributed by atoms with E-state index in [9.17, 15) is 14.7 Å². The molecule has 0 fully saturated rings. The van der Waals surface area contributed by atoms with Crippen LogP contribution >= 0.6 is 0 Å². The summed E-state index contributed by atoms with van der Waals surface area (Å²) in [7, 11) is 0. The molecule has 0 aliphatic heterocycles. The Labute approximate surface area is 119 Å². The van der Waals surface area contributed by atoms with Crippen LogP contribution in [0.2, 0.25) is 0 Å². The summed E-state index contributed by atoms with van der Waals surface area (Å²) in [6.45, 7) is 5.80. The molecule has 1 rings (SSSR count). The average Bonchev–Trinajstić information content (AvgIpc) is 2.37. The van der Waals surface area contributed by atoms with Crippen LogP contribution in [0.3, 0.4) is 0 Å². The molecule has 5 heteroatoms. The molecule has 1 aromatic rings. The zero-order valence-electron chi connectivity index (χ0n) is 12.1. The van der Waals surface area contributed by atoms with Crippen LogP contribution in [0.5, 0.6) is 0 Å². The van der Waals surface area contributed by atoms with Crippen molar-refractivity contribution >= 4 is 17.7 Å². The largest absolute Gasteiger partial charge is 0.548 e. The number of aliphatic carboxylic acids is 1. The van der Waals surface area contributed by atoms with E-state index >= 15 is 0 Å². The van der Waals surface area contributed by atoms with Gasteiger partial charge in [-0.3, -0.25) is 0 Å². The zero-order valence-corrected chi connectivity index (χ0v) is 12.1. The number of rotatable bonds is 6. The van der Waals surface area contributed by atoms with E-state index in [2.05, 4.69) is 10.6 Å². The van der Waals surface area contributed by atoms with Gasteiger partial charge in [0.15, 0.2) is 0 Å². The second kappa shape index (κ2) is 7.53. The van der Waals surface area contributed by atoms with Crippen LogP contribution in [0.15, 0.2) is 24.3 Å². The smallest absolute Gasteiger partial charge is 0.319 e. The van der Waals surface area contributed by atoms with Crippen molar-refractivity contribution < 1.29 is 14.7 Å². The number of hydrogen-bond donors (Lipinski definition) is 2. The highest BCUT2D eigenvalue weighted by molar-refractivity contribution is 5.92. The third-order valence-electron chi connectivity index (χ3n) is 2.89. The highest BCUT2D eigenvalue weighted by Gasteiger charge is 2.15. The van der Waals surface area contributed by atoms with Crippen LogP contribution in [-0.4, -0.2) is 18.0 Å². The molecule has 0 saturated carbocycles. The van der Waals surface area contributed by atoms with E-state index in [-0.39, 0.29) is 5.92 Å². The van der Waals surface area contributed by atoms with Crippen molar-refractivity contribution in [1.82, 2.24) is 5.32 Å². The standard InChI is InChI=1S/C15H22N2O3/c1-4-11-6-5-7-12(9-11)16-15(20)17-13(14(18)19)8-10(2)3/h5-7,9-10,13H,4,8H2,1-3H3,(H,18,19)(H2,16,17,20)/p-1/t13-/m0/s1. The molecule has 1 atom stereocenters. The molecular weight excluding hydrogens is 256 g/mol. The summed E-state index contributed by atoms with van der Waals surface area (Å²) in [5.41, 5.74) is 1.74. The van der Waals surface area contributed by atoms with Crippen LogP contribution in [0.4, 0.5) is 10.5 Å². The molecule has 2 amide bonds. The molecule has 0 radical (unpaired) electrons. The van der Waals surface area contributed by atoms with Crippen molar-refractivity contribution in [3.8, 4) is 0 Å². The molecule has 2 N–H and O–H groups in total. The number of amides is 2. The quantitative estimate of drug-likeness (QED) is 0.827. The lowest BCUT2D eigenvalue weighted by Crippen LogP contribution is -2.49. The van der Waals surface area contributed by atoms with E-state index in [1.807, 2.05) is 39.0 Å². The van der Waals surface area contributed by atoms with Gasteiger partial charge in [-0.25, -0.2) is 4.79 Å². The number of hydrogen-bond acceptors (Lipinski definition) is 3. The number of carboxylic acid groups (broad SMARTS) is 1. The van der Waals surface area contributed by atoms with Crippen LogP contribution < -0.4 is 15.7 Å². The van der Waals surface area contributed by atoms with Gasteiger partial charge < -0.3 is 20.5 Å². The fourth-order valence-electron chi connectivity index (χ4n) is 1.88. The Hall–Kier alpha value is -2.04. The maximum Gasteiger partial charge on any atom is 0.319 e. The van der Waals surface area contributed by atoms with Crippen molar-refractivity contribution in [2.75, 3.05) is 5.32 Å². The maximum absolute atomic E-state index is 11.8. The Morgan fingerprint density at radius 2 is 2.00 bits per heavy atom. The lowest BCUT2D eigenvalue weighted by Gasteiger charge is -2.21. The number of urea groups is 1. The first kappa shape index (κ1) is 16.0. The zero-order chi connectivity index (χ0) is 15.1. The van der Waals surface area contributed by atoms with Gasteiger partial charge in [0.1, 0.15) is 0 Å². The molecule has 0 heterocycles. The molecule has 0 aliphatic carbocycles. The molecule has 0 bridgehead atoms. The number of carbonyl (C=O) groups is 2. The second-order valence-corrected chi connectivity index (χ2v) is 5.15. The van der Waals surface area contributed by atoms with Gasteiger partial charge in [-0.2, -0.15) is 0 Å². The SMILES string of the molecule is CCc1cccc(NC(=O)N[C@@H](CC(C)C)C(=O)[O-])c1. The molecule has 20 heavy (non-hydrogen) atoms. The first-order chi connectivity index (χ1) is 9.42. The molecule has 0 saturated heterocycles. The third kappa shape index (κ3) is 5.30. The normalized spacial score (nSPS) is 12.0. The van der Waals surface area contributed by atoms with Crippen LogP contribution in [-0.2, 0) is 11.2 Å². The van der Waals surface area contributed by atoms with Crippen LogP contribution in [0, 0.1) is 5.92 Å². The van der Waals surface area contributed by atoms with Crippen molar-refractivity contribution in [2.45, 2.75) is 39.7 Å². The van der Waals surface area contributed by atoms with Crippen molar-refractivity contribution in [2.24, 2.45) is 5.92 Å². The minimum absolute atomic E-state index is 0.154. The van der Waals surface area contributed by atoms with E-state index in [0.29, 0.717) is 12.1 Å². The van der Waals surface area contributed by atoms with Gasteiger partial charge in [0.05, 0.1) is 12.0 Å². The molecule has 5 nitrogen and oxygen atoms in total. The fraction of sp³-hybridized carbons (Fsp3) is 0.467. The van der Waals surface area contributed by atoms with Crippen molar-refractivity contribution in [1.29, 1.82) is 0 Å². The molecular formula is C15H21N2O3-. The Balaban J connectivity index is 2.63. The summed E-state index contributed by atoms with van der Waals surface area (Å²) in [6.07, 6.45) is 1.21. The van der Waals surface area contributed by atoms with E-state index in [1.54, 1.807) is 6.07 Å². The minimum atomic E-state index is -1.27. The van der Waals surface area contributed by atoms with E-state index in [1.165, 1.54) is 0 Å². The Kier molecular flexibility index (Phi) is 6.03. The predicted octanol–water partition coefficient (Wildman–Crippen LogP) is 1.54. The number of nitrogens with one attached hydrogen (secondary N) is 2. The summed E-state index contributed by atoms with van der Waals surface area (Å²) in [5.74, 6) is -1.11. The van der Waals surface area contributed by atoms with Gasteiger partial charge in [-0.15, -0.1) is 0 Å². The molecule has 0 aliphatic rings. The topological polar surface area (TPSA) is 81.3 Å². The fourth-order valence-corrected chi connectivity index (χ4v) is 1.88. The van der Waals surface area contributed by atoms with Gasteiger partial charge in [-0.05, 0) is 36.5 Å². The number of carbonyl (C=O) groups excluding carboxylic acids is 2. The Morgan fingerprint density at radius 1 is 1.30 bits per heavy atom. The molecule has 110 valence electrons. The third-order valence-corrected chi connectivity index (χ3v) is 2.89. The lowest BCUT2D eigenvalue weighted by atomic mass is 10.0. The number of carboxylic acids is 1. The number of benzene rings is 1. The van der Waals surface area contributed by atoms with E-state index < -0.39 is 18.0 Å². The van der Waals surface area contributed by atoms with Gasteiger partial charge in [0.25, 0.3) is 0 Å². The minimum Gasteiger partial charge on any atom is -0.548 e. The highest BCUT2D eigenvalue weighted by atomic mass is 16.4. The van der Waals surface area contributed by atoms with Gasteiger partial charge in [0, 0.05) is 5.69 Å². The van der Waals surface area contributed by atoms with E-state index in [4.69, 9.17) is 0 Å². The number of anilines is 1. The Morgan fingerprint density at radius 3 is 2.55 bits per heavy atom. The molecule has 0 spiro atoms. The highest BCUT2D eigenvalue weighted by Crippen LogP contribution is 2.11.